The molecule has 1 unspecified atom stereocenters. The van der Waals surface area contributed by atoms with E-state index in [4.69, 9.17) is 26.1 Å². The van der Waals surface area contributed by atoms with Crippen LogP contribution >= 0.6 is 11.6 Å². The van der Waals surface area contributed by atoms with Crippen LogP contribution in [0.3, 0.4) is 0 Å². The summed E-state index contributed by atoms with van der Waals surface area (Å²) >= 11 is 6.53. The molecule has 58 heavy (non-hydrogen) atoms. The lowest BCUT2D eigenvalue weighted by Gasteiger charge is -2.41. The van der Waals surface area contributed by atoms with Crippen molar-refractivity contribution in [2.24, 2.45) is 13.0 Å². The Morgan fingerprint density at radius 3 is 2.55 bits per heavy atom. The number of halogens is 1. The number of aryl methyl sites for hydroxylation is 1. The largest absolute Gasteiger partial charge is 0.480 e. The first-order valence-corrected chi connectivity index (χ1v) is 19.9. The Morgan fingerprint density at radius 2 is 1.79 bits per heavy atom. The Morgan fingerprint density at radius 1 is 1.00 bits per heavy atom. The number of carbonyl (C=O) groups excluding carboxylic acids is 5. The van der Waals surface area contributed by atoms with Crippen LogP contribution in [0.4, 0.5) is 23.1 Å². The molecule has 0 bridgehead atoms. The predicted octanol–water partition coefficient (Wildman–Crippen LogP) is 4.00. The zero-order valence-electron chi connectivity index (χ0n) is 32.2. The molecule has 16 nitrogen and oxygen atoms in total. The zero-order valence-corrected chi connectivity index (χ0v) is 32.9. The molecule has 4 aliphatic rings. The van der Waals surface area contributed by atoms with E-state index < -0.39 is 29.7 Å². The Kier molecular flexibility index (Phi) is 10.9. The van der Waals surface area contributed by atoms with Gasteiger partial charge in [-0.25, -0.2) is 4.98 Å². The highest BCUT2D eigenvalue weighted by Crippen LogP contribution is 2.37. The number of amides is 4. The number of imide groups is 2. The summed E-state index contributed by atoms with van der Waals surface area (Å²) in [6.07, 6.45) is 4.88. The first-order valence-electron chi connectivity index (χ1n) is 19.5. The fourth-order valence-electron chi connectivity index (χ4n) is 7.95. The molecule has 17 heteroatoms. The van der Waals surface area contributed by atoms with Crippen LogP contribution in [-0.4, -0.2) is 100 Å². The number of rotatable bonds is 13. The second-order valence-corrected chi connectivity index (χ2v) is 15.5. The SMILES string of the molecule is CCC(=O)COc1cc2cc(Nc3nc(N4CCC(CCOC5CN(c6cccc7c6C(=O)N(C6CCC(=O)NC6=O)C7=O)C5)CC4)ncc3Cl)ccc2n(C)c1=O. The van der Waals surface area contributed by atoms with Gasteiger partial charge in [-0.1, -0.05) is 24.6 Å². The number of anilines is 4. The molecule has 8 rings (SSSR count). The summed E-state index contributed by atoms with van der Waals surface area (Å²) in [5, 5.41) is 6.63. The molecule has 0 saturated carbocycles. The van der Waals surface area contributed by atoms with Gasteiger partial charge in [0.25, 0.3) is 17.4 Å². The number of aromatic nitrogens is 3. The van der Waals surface area contributed by atoms with Gasteiger partial charge in [-0.05, 0) is 68.0 Å². The monoisotopic (exact) mass is 810 g/mol. The Labute approximate surface area is 338 Å². The first-order chi connectivity index (χ1) is 28.0. The van der Waals surface area contributed by atoms with Crippen molar-refractivity contribution in [3.8, 4) is 5.75 Å². The van der Waals surface area contributed by atoms with E-state index in [1.54, 1.807) is 38.4 Å². The number of piperidine rings is 2. The smallest absolute Gasteiger partial charge is 0.293 e. The minimum atomic E-state index is -1.01. The average molecular weight is 811 g/mol. The molecule has 0 aliphatic carbocycles. The van der Waals surface area contributed by atoms with E-state index in [0.717, 1.165) is 42.6 Å². The van der Waals surface area contributed by atoms with Crippen LogP contribution in [0.5, 0.6) is 5.75 Å². The maximum Gasteiger partial charge on any atom is 0.293 e. The number of hydrogen-bond donors (Lipinski definition) is 2. The van der Waals surface area contributed by atoms with Crippen LogP contribution in [-0.2, 0) is 26.2 Å². The number of Topliss-reactive ketones (excluding diaryl/α,β-unsaturated/α-hetero) is 1. The third-order valence-corrected chi connectivity index (χ3v) is 11.7. The van der Waals surface area contributed by atoms with Gasteiger partial charge in [0.05, 0.1) is 34.6 Å². The van der Waals surface area contributed by atoms with E-state index in [1.165, 1.54) is 4.57 Å². The van der Waals surface area contributed by atoms with Crippen molar-refractivity contribution in [2.75, 3.05) is 54.5 Å². The summed E-state index contributed by atoms with van der Waals surface area (Å²) in [5.74, 6) is -0.562. The molecular weight excluding hydrogens is 768 g/mol. The van der Waals surface area contributed by atoms with Crippen LogP contribution in [0.25, 0.3) is 10.9 Å². The third-order valence-electron chi connectivity index (χ3n) is 11.4. The van der Waals surface area contributed by atoms with Crippen LogP contribution in [0.2, 0.25) is 5.02 Å². The van der Waals surface area contributed by atoms with E-state index in [0.29, 0.717) is 71.3 Å². The highest BCUT2D eigenvalue weighted by Gasteiger charge is 2.47. The molecule has 2 aromatic heterocycles. The molecule has 302 valence electrons. The number of hydrogen-bond acceptors (Lipinski definition) is 13. The Bertz CT molecular complexity index is 2390. The van der Waals surface area contributed by atoms with Crippen LogP contribution in [0, 0.1) is 5.92 Å². The fourth-order valence-corrected chi connectivity index (χ4v) is 8.09. The highest BCUT2D eigenvalue weighted by molar-refractivity contribution is 6.33. The molecule has 2 N–H and O–H groups in total. The highest BCUT2D eigenvalue weighted by atomic mass is 35.5. The zero-order chi connectivity index (χ0) is 40.7. The molecule has 1 atom stereocenters. The number of ether oxygens (including phenoxy) is 2. The molecule has 6 heterocycles. The number of ketones is 1. The van der Waals surface area contributed by atoms with Crippen molar-refractivity contribution in [1.29, 1.82) is 0 Å². The summed E-state index contributed by atoms with van der Waals surface area (Å²) in [4.78, 5) is 89.9. The van der Waals surface area contributed by atoms with Gasteiger partial charge >= 0.3 is 0 Å². The lowest BCUT2D eigenvalue weighted by molar-refractivity contribution is -0.136. The van der Waals surface area contributed by atoms with Crippen molar-refractivity contribution in [2.45, 2.75) is 57.6 Å². The van der Waals surface area contributed by atoms with E-state index in [9.17, 15) is 28.8 Å². The van der Waals surface area contributed by atoms with Crippen LogP contribution in [0.15, 0.2) is 53.5 Å². The molecule has 4 aromatic rings. The molecule has 4 aliphatic heterocycles. The molecule has 2 aromatic carbocycles. The number of benzene rings is 2. The van der Waals surface area contributed by atoms with Gasteiger partial charge in [0.15, 0.2) is 17.4 Å². The molecule has 4 amide bonds. The fraction of sp³-hybridized carbons (Fsp3) is 0.415. The van der Waals surface area contributed by atoms with Crippen molar-refractivity contribution >= 4 is 75.1 Å². The number of fused-ring (bicyclic) bond motifs is 2. The maximum atomic E-state index is 13.5. The second-order valence-electron chi connectivity index (χ2n) is 15.1. The van der Waals surface area contributed by atoms with Gasteiger partial charge in [-0.3, -0.25) is 39.0 Å². The molecule has 0 spiro atoms. The van der Waals surface area contributed by atoms with Crippen molar-refractivity contribution in [1.82, 2.24) is 24.8 Å². The lowest BCUT2D eigenvalue weighted by Crippen LogP contribution is -2.54. The topological polar surface area (TPSA) is 185 Å². The van der Waals surface area contributed by atoms with Crippen molar-refractivity contribution in [3.05, 3.63) is 75.2 Å². The predicted molar refractivity (Wildman–Crippen MR) is 215 cm³/mol. The van der Waals surface area contributed by atoms with Crippen LogP contribution < -0.4 is 30.7 Å². The number of pyridine rings is 1. The minimum Gasteiger partial charge on any atom is -0.480 e. The third kappa shape index (κ3) is 7.61. The molecule has 3 fully saturated rings. The van der Waals surface area contributed by atoms with Gasteiger partial charge < -0.3 is 29.2 Å². The van der Waals surface area contributed by atoms with Gasteiger partial charge in [0, 0.05) is 63.7 Å². The van der Waals surface area contributed by atoms with Gasteiger partial charge in [0.1, 0.15) is 17.7 Å². The first kappa shape index (κ1) is 39.0. The second kappa shape index (κ2) is 16.2. The normalized spacial score (nSPS) is 18.7. The average Bonchev–Trinajstić information content (AvgIpc) is 3.46. The number of carbonyl (C=O) groups is 5. The number of nitrogens with zero attached hydrogens (tertiary/aromatic N) is 6. The summed E-state index contributed by atoms with van der Waals surface area (Å²) < 4.78 is 13.3. The molecule has 3 saturated heterocycles. The van der Waals surface area contributed by atoms with Gasteiger partial charge in [-0.2, -0.15) is 4.98 Å². The van der Waals surface area contributed by atoms with Gasteiger partial charge in [-0.15, -0.1) is 0 Å². The van der Waals surface area contributed by atoms with E-state index >= 15 is 0 Å². The summed E-state index contributed by atoms with van der Waals surface area (Å²) in [7, 11) is 1.66. The van der Waals surface area contributed by atoms with Gasteiger partial charge in [0.2, 0.25) is 17.8 Å². The standard InChI is InChI=1S/C41H43ClN8O8/c1-3-26(51)22-58-33-18-24-17-25(7-8-30(24)47(2)39(33)55)44-36-29(42)19-43-41(46-36)48-14-11-23(12-15-48)13-16-57-27-20-49(21-27)31-6-4-5-28-35(31)40(56)50(38(28)54)32-9-10-34(52)45-37(32)53/h4-8,17-19,23,27,32H,3,9-16,20-22H2,1-2H3,(H,43,44,46)(H,45,52,53). The maximum absolute atomic E-state index is 13.5. The Hall–Kier alpha value is -5.87. The summed E-state index contributed by atoms with van der Waals surface area (Å²) in [6, 6.07) is 11.3. The Balaban J connectivity index is 0.817. The van der Waals surface area contributed by atoms with E-state index in [2.05, 4.69) is 20.5 Å². The van der Waals surface area contributed by atoms with Crippen molar-refractivity contribution in [3.63, 3.8) is 0 Å². The van der Waals surface area contributed by atoms with E-state index in [-0.39, 0.29) is 48.2 Å². The van der Waals surface area contributed by atoms with Crippen LogP contribution in [0.1, 0.15) is 66.2 Å². The van der Waals surface area contributed by atoms with Crippen molar-refractivity contribution < 1.29 is 33.4 Å². The summed E-state index contributed by atoms with van der Waals surface area (Å²) in [5.41, 5.74) is 2.29. The summed E-state index contributed by atoms with van der Waals surface area (Å²) in [6.45, 7) is 4.90. The number of nitrogens with one attached hydrogen (secondary N) is 2. The quantitative estimate of drug-likeness (QED) is 0.185. The minimum absolute atomic E-state index is 0.0100. The van der Waals surface area contributed by atoms with E-state index in [1.807, 2.05) is 29.2 Å². The molecule has 0 radical (unpaired) electrons. The lowest BCUT2D eigenvalue weighted by atomic mass is 9.94. The molecular formula is C41H43ClN8O8.